The lowest BCUT2D eigenvalue weighted by Gasteiger charge is -2.12. The minimum Gasteiger partial charge on any atom is -0.353 e. The first-order valence-electron chi connectivity index (χ1n) is 8.51. The summed E-state index contributed by atoms with van der Waals surface area (Å²) in [6.45, 7) is 4.82. The highest BCUT2D eigenvalue weighted by Gasteiger charge is 2.13. The molecule has 2 aromatic heterocycles. The number of aromatic nitrogens is 4. The number of rotatable bonds is 6. The van der Waals surface area contributed by atoms with Crippen LogP contribution in [0.2, 0.25) is 0 Å². The van der Waals surface area contributed by atoms with Crippen LogP contribution in [0, 0.1) is 0 Å². The molecule has 128 valence electrons. The Morgan fingerprint density at radius 3 is 3.17 bits per heavy atom. The lowest BCUT2D eigenvalue weighted by atomic mass is 10.1. The first kappa shape index (κ1) is 16.6. The lowest BCUT2D eigenvalue weighted by molar-refractivity contribution is -0.121. The molecule has 0 unspecified atom stereocenters. The Bertz CT molecular complexity index is 645. The van der Waals surface area contributed by atoms with E-state index in [0.717, 1.165) is 37.4 Å². The minimum absolute atomic E-state index is 0.0390. The van der Waals surface area contributed by atoms with Crippen LogP contribution in [0.3, 0.4) is 0 Å². The summed E-state index contributed by atoms with van der Waals surface area (Å²) >= 11 is 0. The van der Waals surface area contributed by atoms with Crippen molar-refractivity contribution >= 4 is 5.91 Å². The maximum Gasteiger partial charge on any atom is 0.220 e. The van der Waals surface area contributed by atoms with Gasteiger partial charge < -0.3 is 10.6 Å². The van der Waals surface area contributed by atoms with Crippen LogP contribution in [0.5, 0.6) is 0 Å². The second kappa shape index (κ2) is 8.01. The largest absolute Gasteiger partial charge is 0.353 e. The quantitative estimate of drug-likeness (QED) is 0.821. The summed E-state index contributed by atoms with van der Waals surface area (Å²) in [6, 6.07) is 2.14. The molecule has 0 fully saturated rings. The van der Waals surface area contributed by atoms with Gasteiger partial charge in [-0.05, 0) is 26.0 Å². The smallest absolute Gasteiger partial charge is 0.220 e. The number of nitrogens with zero attached hydrogens (tertiary/aromatic N) is 4. The van der Waals surface area contributed by atoms with E-state index in [1.54, 1.807) is 18.6 Å². The lowest BCUT2D eigenvalue weighted by Crippen LogP contribution is -2.34. The van der Waals surface area contributed by atoms with Crippen molar-refractivity contribution in [2.45, 2.75) is 51.7 Å². The van der Waals surface area contributed by atoms with Crippen molar-refractivity contribution in [3.05, 3.63) is 41.7 Å². The summed E-state index contributed by atoms with van der Waals surface area (Å²) < 4.78 is 2.06. The molecule has 7 nitrogen and oxygen atoms in total. The molecule has 2 aromatic rings. The number of aryl methyl sites for hydroxylation is 2. The molecular weight excluding hydrogens is 304 g/mol. The second-order valence-corrected chi connectivity index (χ2v) is 6.25. The number of nitrogens with one attached hydrogen (secondary N) is 2. The molecule has 0 spiro atoms. The maximum atomic E-state index is 12.1. The molecule has 3 rings (SSSR count). The monoisotopic (exact) mass is 328 g/mol. The normalized spacial score (nSPS) is 15.4. The van der Waals surface area contributed by atoms with Gasteiger partial charge in [0.2, 0.25) is 5.91 Å². The van der Waals surface area contributed by atoms with E-state index >= 15 is 0 Å². The Labute approximate surface area is 141 Å². The second-order valence-electron chi connectivity index (χ2n) is 6.25. The minimum atomic E-state index is 0.0390. The van der Waals surface area contributed by atoms with Gasteiger partial charge >= 0.3 is 0 Å². The molecule has 2 N–H and O–H groups in total. The number of hydrogen-bond donors (Lipinski definition) is 2. The van der Waals surface area contributed by atoms with Crippen molar-refractivity contribution in [2.24, 2.45) is 0 Å². The Morgan fingerprint density at radius 2 is 2.33 bits per heavy atom. The topological polar surface area (TPSA) is 84.7 Å². The van der Waals surface area contributed by atoms with Crippen molar-refractivity contribution in [3.63, 3.8) is 0 Å². The Balaban J connectivity index is 1.45. The van der Waals surface area contributed by atoms with E-state index < -0.39 is 0 Å². The number of carbonyl (C=O) groups is 1. The Morgan fingerprint density at radius 1 is 1.42 bits per heavy atom. The highest BCUT2D eigenvalue weighted by atomic mass is 16.1. The van der Waals surface area contributed by atoms with Gasteiger partial charge in [-0.1, -0.05) is 0 Å². The summed E-state index contributed by atoms with van der Waals surface area (Å²) in [7, 11) is 0. The highest BCUT2D eigenvalue weighted by Crippen LogP contribution is 2.10. The van der Waals surface area contributed by atoms with Gasteiger partial charge in [0.05, 0.1) is 17.1 Å². The molecule has 7 heteroatoms. The molecule has 0 saturated heterocycles. The molecule has 1 amide bonds. The van der Waals surface area contributed by atoms with E-state index in [9.17, 15) is 4.79 Å². The molecule has 0 aromatic carbocycles. The van der Waals surface area contributed by atoms with E-state index in [0.29, 0.717) is 19.3 Å². The summed E-state index contributed by atoms with van der Waals surface area (Å²) in [6.07, 6.45) is 7.95. The molecule has 3 heterocycles. The number of fused-ring (bicyclic) bond motifs is 1. The number of hydrogen-bond acceptors (Lipinski definition) is 5. The van der Waals surface area contributed by atoms with Gasteiger partial charge in [-0.15, -0.1) is 0 Å². The van der Waals surface area contributed by atoms with Gasteiger partial charge in [-0.2, -0.15) is 5.10 Å². The van der Waals surface area contributed by atoms with Crippen LogP contribution in [0.15, 0.2) is 24.7 Å². The Hall–Kier alpha value is -2.28. The molecule has 1 aliphatic heterocycles. The van der Waals surface area contributed by atoms with Gasteiger partial charge in [-0.25, -0.2) is 0 Å². The molecule has 0 radical (unpaired) electrons. The van der Waals surface area contributed by atoms with Gasteiger partial charge in [0.25, 0.3) is 0 Å². The van der Waals surface area contributed by atoms with Gasteiger partial charge in [0.15, 0.2) is 0 Å². The molecular formula is C17H24N6O. The molecule has 1 atom stereocenters. The Kier molecular flexibility index (Phi) is 5.53. The van der Waals surface area contributed by atoms with E-state index in [1.807, 2.05) is 6.92 Å². The van der Waals surface area contributed by atoms with Crippen molar-refractivity contribution < 1.29 is 4.79 Å². The molecule has 1 aliphatic rings. The van der Waals surface area contributed by atoms with E-state index in [2.05, 4.69) is 36.4 Å². The van der Waals surface area contributed by atoms with Crippen molar-refractivity contribution in [3.8, 4) is 0 Å². The van der Waals surface area contributed by atoms with Crippen LogP contribution >= 0.6 is 0 Å². The zero-order valence-electron chi connectivity index (χ0n) is 14.0. The van der Waals surface area contributed by atoms with Crippen LogP contribution in [0.4, 0.5) is 0 Å². The molecule has 24 heavy (non-hydrogen) atoms. The summed E-state index contributed by atoms with van der Waals surface area (Å²) in [4.78, 5) is 20.4. The maximum absolute atomic E-state index is 12.1. The summed E-state index contributed by atoms with van der Waals surface area (Å²) in [5, 5.41) is 11.0. The average molecular weight is 328 g/mol. The van der Waals surface area contributed by atoms with Crippen LogP contribution in [-0.4, -0.2) is 38.2 Å². The van der Waals surface area contributed by atoms with Gasteiger partial charge in [0, 0.05) is 57.0 Å². The van der Waals surface area contributed by atoms with Gasteiger partial charge in [0.1, 0.15) is 0 Å². The van der Waals surface area contributed by atoms with Gasteiger partial charge in [-0.3, -0.25) is 19.4 Å². The third-order valence-corrected chi connectivity index (χ3v) is 4.09. The predicted octanol–water partition coefficient (Wildman–Crippen LogP) is 0.846. The first-order chi connectivity index (χ1) is 11.7. The number of amides is 1. The van der Waals surface area contributed by atoms with Crippen molar-refractivity contribution in [1.29, 1.82) is 0 Å². The molecule has 0 aliphatic carbocycles. The van der Waals surface area contributed by atoms with Crippen LogP contribution in [0.1, 0.15) is 36.8 Å². The van der Waals surface area contributed by atoms with Crippen molar-refractivity contribution in [2.75, 3.05) is 6.54 Å². The highest BCUT2D eigenvalue weighted by molar-refractivity contribution is 5.76. The third-order valence-electron chi connectivity index (χ3n) is 4.09. The van der Waals surface area contributed by atoms with Crippen LogP contribution in [-0.2, 0) is 30.7 Å². The zero-order chi connectivity index (χ0) is 16.8. The van der Waals surface area contributed by atoms with E-state index in [-0.39, 0.29) is 11.9 Å². The van der Waals surface area contributed by atoms with E-state index in [1.165, 1.54) is 5.69 Å². The average Bonchev–Trinajstić information content (AvgIpc) is 2.83. The fourth-order valence-corrected chi connectivity index (χ4v) is 2.93. The summed E-state index contributed by atoms with van der Waals surface area (Å²) in [5.41, 5.74) is 3.08. The summed E-state index contributed by atoms with van der Waals surface area (Å²) in [5.74, 6) is 0.0488. The third kappa shape index (κ3) is 4.61. The SMILES string of the molecule is C[C@@H](Cc1cnccn1)NC(=O)CCc1cc2n(n1)CCCNC2. The number of carbonyl (C=O) groups excluding carboxylic acids is 1. The van der Waals surface area contributed by atoms with Crippen LogP contribution in [0.25, 0.3) is 0 Å². The first-order valence-corrected chi connectivity index (χ1v) is 8.51. The fourth-order valence-electron chi connectivity index (χ4n) is 2.93. The standard InChI is InChI=1S/C17H24N6O/c1-13(9-15-11-19-6-7-20-15)21-17(24)4-3-14-10-16-12-18-5-2-8-23(16)22-14/h6-7,10-11,13,18H,2-5,8-9,12H2,1H3,(H,21,24)/t13-/m0/s1. The fraction of sp³-hybridized carbons (Fsp3) is 0.529. The predicted molar refractivity (Wildman–Crippen MR) is 90.2 cm³/mol. The van der Waals surface area contributed by atoms with Crippen molar-refractivity contribution in [1.82, 2.24) is 30.4 Å². The zero-order valence-corrected chi connectivity index (χ0v) is 14.0. The molecule has 0 bridgehead atoms. The molecule has 0 saturated carbocycles. The van der Waals surface area contributed by atoms with Crippen LogP contribution < -0.4 is 10.6 Å². The van der Waals surface area contributed by atoms with E-state index in [4.69, 9.17) is 0 Å².